The summed E-state index contributed by atoms with van der Waals surface area (Å²) in [5, 5.41) is 11.2. The molecule has 2 heterocycles. The van der Waals surface area contributed by atoms with Gasteiger partial charge in [-0.25, -0.2) is 0 Å². The maximum absolute atomic E-state index is 11.2. The van der Waals surface area contributed by atoms with Crippen molar-refractivity contribution in [2.45, 2.75) is 33.4 Å². The van der Waals surface area contributed by atoms with Gasteiger partial charge in [-0.15, -0.1) is 0 Å². The van der Waals surface area contributed by atoms with Gasteiger partial charge >= 0.3 is 0 Å². The second kappa shape index (κ2) is 6.34. The van der Waals surface area contributed by atoms with Crippen molar-refractivity contribution in [2.24, 2.45) is 0 Å². The van der Waals surface area contributed by atoms with Crippen LogP contribution in [0.4, 0.5) is 5.69 Å². The molecule has 2 aromatic rings. The zero-order valence-electron chi connectivity index (χ0n) is 13.2. The summed E-state index contributed by atoms with van der Waals surface area (Å²) < 4.78 is 12.9. The molecule has 0 aliphatic carbocycles. The molecule has 1 aliphatic heterocycles. The lowest BCUT2D eigenvalue weighted by Crippen LogP contribution is -2.38. The number of hydrogen-bond acceptors (Lipinski definition) is 4. The fourth-order valence-electron chi connectivity index (χ4n) is 2.74. The first-order valence-corrected chi connectivity index (χ1v) is 7.58. The Kier molecular flexibility index (Phi) is 4.25. The van der Waals surface area contributed by atoms with E-state index in [9.17, 15) is 10.1 Å². The highest BCUT2D eigenvalue weighted by Crippen LogP contribution is 2.32. The summed E-state index contributed by atoms with van der Waals surface area (Å²) in [6.45, 7) is 5.17. The van der Waals surface area contributed by atoms with Crippen molar-refractivity contribution in [3.8, 4) is 5.75 Å². The number of pyridine rings is 1. The van der Waals surface area contributed by atoms with Crippen LogP contribution in [0.2, 0.25) is 0 Å². The minimum Gasteiger partial charge on any atom is -0.467 e. The van der Waals surface area contributed by atoms with Crippen molar-refractivity contribution >= 4 is 5.69 Å². The Morgan fingerprint density at radius 1 is 1.35 bits per heavy atom. The van der Waals surface area contributed by atoms with Crippen LogP contribution in [-0.2, 0) is 24.3 Å². The highest BCUT2D eigenvalue weighted by molar-refractivity contribution is 5.50. The number of fused-ring (bicyclic) bond motifs is 1. The highest BCUT2D eigenvalue weighted by Gasteiger charge is 2.23. The lowest BCUT2D eigenvalue weighted by molar-refractivity contribution is -0.694. The molecule has 1 aromatic heterocycles. The molecule has 0 N–H and O–H groups in total. The van der Waals surface area contributed by atoms with Gasteiger partial charge in [0.2, 0.25) is 0 Å². The van der Waals surface area contributed by atoms with Crippen LogP contribution in [0.1, 0.15) is 29.3 Å². The molecule has 23 heavy (non-hydrogen) atoms. The molecule has 0 saturated heterocycles. The summed E-state index contributed by atoms with van der Waals surface area (Å²) in [5.74, 6) is 0.704. The lowest BCUT2D eigenvalue weighted by Gasteiger charge is -2.19. The van der Waals surface area contributed by atoms with Gasteiger partial charge in [-0.1, -0.05) is 6.92 Å². The van der Waals surface area contributed by atoms with E-state index in [-0.39, 0.29) is 17.4 Å². The largest absolute Gasteiger partial charge is 0.467 e. The second-order valence-electron chi connectivity index (χ2n) is 5.62. The third-order valence-electron chi connectivity index (χ3n) is 4.04. The molecule has 1 aromatic carbocycles. The first kappa shape index (κ1) is 15.4. The molecule has 0 unspecified atom stereocenters. The maximum Gasteiger partial charge on any atom is 0.270 e. The standard InChI is InChI=1S/C17H19N2O4/c1-3-13-5-4-12(2)18(8-13)9-14-6-16(19(20)21)7-15-10-22-11-23-17(14)15/h4-8H,3,9-11H2,1-2H3/q+1. The fourth-order valence-corrected chi connectivity index (χ4v) is 2.74. The van der Waals surface area contributed by atoms with Crippen molar-refractivity contribution in [1.82, 2.24) is 0 Å². The zero-order valence-corrected chi connectivity index (χ0v) is 13.2. The van der Waals surface area contributed by atoms with E-state index in [1.54, 1.807) is 6.07 Å². The van der Waals surface area contributed by atoms with E-state index < -0.39 is 0 Å². The Hall–Kier alpha value is -2.47. The van der Waals surface area contributed by atoms with Gasteiger partial charge in [0.25, 0.3) is 5.69 Å². The van der Waals surface area contributed by atoms with Gasteiger partial charge in [0.1, 0.15) is 5.75 Å². The molecule has 3 rings (SSSR count). The molecule has 0 spiro atoms. The third-order valence-corrected chi connectivity index (χ3v) is 4.04. The monoisotopic (exact) mass is 315 g/mol. The minimum absolute atomic E-state index is 0.0674. The number of aromatic nitrogens is 1. The van der Waals surface area contributed by atoms with E-state index >= 15 is 0 Å². The van der Waals surface area contributed by atoms with E-state index in [0.717, 1.165) is 23.2 Å². The van der Waals surface area contributed by atoms with Crippen LogP contribution in [0.25, 0.3) is 0 Å². The number of nitrogens with zero attached hydrogens (tertiary/aromatic N) is 2. The van der Waals surface area contributed by atoms with Gasteiger partial charge in [0.15, 0.2) is 25.2 Å². The summed E-state index contributed by atoms with van der Waals surface area (Å²) in [7, 11) is 0. The Balaban J connectivity index is 2.05. The van der Waals surface area contributed by atoms with Gasteiger partial charge in [0.05, 0.1) is 17.1 Å². The predicted octanol–water partition coefficient (Wildman–Crippen LogP) is 2.67. The number of nitro benzene ring substituents is 1. The summed E-state index contributed by atoms with van der Waals surface area (Å²) in [4.78, 5) is 10.8. The summed E-state index contributed by atoms with van der Waals surface area (Å²) in [6.07, 6.45) is 3.03. The smallest absolute Gasteiger partial charge is 0.270 e. The van der Waals surface area contributed by atoms with Crippen molar-refractivity contribution < 1.29 is 19.0 Å². The van der Waals surface area contributed by atoms with Gasteiger partial charge in [0, 0.05) is 36.2 Å². The Labute approximate surface area is 134 Å². The molecule has 0 bridgehead atoms. The van der Waals surface area contributed by atoms with Crippen LogP contribution in [0.3, 0.4) is 0 Å². The highest BCUT2D eigenvalue weighted by atomic mass is 16.7. The molecule has 0 atom stereocenters. The molecule has 0 fully saturated rings. The molecule has 6 heteroatoms. The van der Waals surface area contributed by atoms with Crippen LogP contribution in [0, 0.1) is 17.0 Å². The Morgan fingerprint density at radius 3 is 2.91 bits per heavy atom. The second-order valence-corrected chi connectivity index (χ2v) is 5.62. The van der Waals surface area contributed by atoms with Gasteiger partial charge in [-0.05, 0) is 12.5 Å². The number of aryl methyl sites for hydroxylation is 2. The predicted molar refractivity (Wildman–Crippen MR) is 83.2 cm³/mol. The first-order valence-electron chi connectivity index (χ1n) is 7.58. The van der Waals surface area contributed by atoms with Gasteiger partial charge in [-0.2, -0.15) is 4.57 Å². The number of benzene rings is 1. The van der Waals surface area contributed by atoms with E-state index in [2.05, 4.69) is 29.8 Å². The van der Waals surface area contributed by atoms with Crippen LogP contribution < -0.4 is 9.30 Å². The average Bonchev–Trinajstić information content (AvgIpc) is 2.56. The van der Waals surface area contributed by atoms with E-state index in [1.165, 1.54) is 11.6 Å². The van der Waals surface area contributed by atoms with Crippen LogP contribution in [0.5, 0.6) is 5.75 Å². The molecule has 0 saturated carbocycles. The number of non-ortho nitro benzene ring substituents is 1. The summed E-state index contributed by atoms with van der Waals surface area (Å²) >= 11 is 0. The number of nitro groups is 1. The van der Waals surface area contributed by atoms with Crippen molar-refractivity contribution in [2.75, 3.05) is 6.79 Å². The van der Waals surface area contributed by atoms with E-state index in [0.29, 0.717) is 18.9 Å². The number of rotatable bonds is 4. The van der Waals surface area contributed by atoms with E-state index in [1.807, 2.05) is 6.92 Å². The molecular formula is C17H19N2O4+. The first-order chi connectivity index (χ1) is 11.1. The quantitative estimate of drug-likeness (QED) is 0.494. The fraction of sp³-hybridized carbons (Fsp3) is 0.353. The molecular weight excluding hydrogens is 296 g/mol. The van der Waals surface area contributed by atoms with Crippen molar-refractivity contribution in [3.05, 3.63) is 63.0 Å². The molecule has 6 nitrogen and oxygen atoms in total. The average molecular weight is 315 g/mol. The van der Waals surface area contributed by atoms with Gasteiger partial charge in [-0.3, -0.25) is 10.1 Å². The normalized spacial score (nSPS) is 13.3. The molecule has 0 amide bonds. The summed E-state index contributed by atoms with van der Waals surface area (Å²) in [5.41, 5.74) is 3.91. The van der Waals surface area contributed by atoms with Gasteiger partial charge < -0.3 is 9.47 Å². The molecule has 0 radical (unpaired) electrons. The third kappa shape index (κ3) is 3.17. The topological polar surface area (TPSA) is 65.5 Å². The maximum atomic E-state index is 11.2. The SMILES string of the molecule is CCc1ccc(C)[n+](Cc2cc([N+](=O)[O-])cc3c2OCOC3)c1. The lowest BCUT2D eigenvalue weighted by atomic mass is 10.1. The Morgan fingerprint density at radius 2 is 2.17 bits per heavy atom. The summed E-state index contributed by atoms with van der Waals surface area (Å²) in [6, 6.07) is 7.28. The van der Waals surface area contributed by atoms with E-state index in [4.69, 9.17) is 9.47 Å². The minimum atomic E-state index is -0.377. The number of ether oxygens (including phenoxy) is 2. The van der Waals surface area contributed by atoms with Crippen molar-refractivity contribution in [1.29, 1.82) is 0 Å². The van der Waals surface area contributed by atoms with Crippen LogP contribution in [0.15, 0.2) is 30.5 Å². The van der Waals surface area contributed by atoms with Crippen LogP contribution in [-0.4, -0.2) is 11.7 Å². The number of hydrogen-bond donors (Lipinski definition) is 0. The van der Waals surface area contributed by atoms with Crippen molar-refractivity contribution in [3.63, 3.8) is 0 Å². The molecule has 1 aliphatic rings. The molecule has 120 valence electrons. The Bertz CT molecular complexity index is 758. The zero-order chi connectivity index (χ0) is 16.4. The van der Waals surface area contributed by atoms with Crippen LogP contribution >= 0.6 is 0 Å².